The molecule has 4 nitrogen and oxygen atoms in total. The number of nitrogens with one attached hydrogen (secondary N) is 2. The van der Waals surface area contributed by atoms with E-state index in [9.17, 15) is 4.79 Å². The first kappa shape index (κ1) is 19.8. The number of hydrogen-bond donors (Lipinski definition) is 2. The molecule has 1 amide bonds. The highest BCUT2D eigenvalue weighted by Gasteiger charge is 2.22. The molecule has 0 saturated carbocycles. The number of halogens is 1. The van der Waals surface area contributed by atoms with Crippen LogP contribution >= 0.6 is 11.6 Å². The van der Waals surface area contributed by atoms with Crippen LogP contribution in [-0.2, 0) is 11.3 Å². The number of hydrogen-bond acceptors (Lipinski definition) is 3. The number of rotatable bonds is 7. The fourth-order valence-corrected chi connectivity index (χ4v) is 2.34. The van der Waals surface area contributed by atoms with Crippen molar-refractivity contribution in [1.82, 2.24) is 10.6 Å². The summed E-state index contributed by atoms with van der Waals surface area (Å²) >= 11 is 6.16. The van der Waals surface area contributed by atoms with Gasteiger partial charge in [-0.15, -0.1) is 0 Å². The maximum Gasteiger partial charge on any atom is 0.407 e. The third-order valence-corrected chi connectivity index (χ3v) is 4.04. The first-order chi connectivity index (χ1) is 10.7. The van der Waals surface area contributed by atoms with Gasteiger partial charge in [0.05, 0.1) is 0 Å². The standard InChI is InChI=1S/C18H29ClN2O2/c1-6-13(2)16(21-17(22)23-18(3,4)5)12-20-11-14-9-7-8-10-15(14)19/h7-10,13,16,20H,6,11-12H2,1-5H3,(H,21,22)/t13-,16+/m0/s1. The van der Waals surface area contributed by atoms with E-state index in [1.165, 1.54) is 0 Å². The Balaban J connectivity index is 2.55. The van der Waals surface area contributed by atoms with Crippen LogP contribution in [0.25, 0.3) is 0 Å². The van der Waals surface area contributed by atoms with Gasteiger partial charge in [0.15, 0.2) is 0 Å². The second-order valence-corrected chi connectivity index (χ2v) is 7.27. The summed E-state index contributed by atoms with van der Waals surface area (Å²) in [6.45, 7) is 11.2. The van der Waals surface area contributed by atoms with Crippen LogP contribution in [0.3, 0.4) is 0 Å². The molecule has 0 aliphatic carbocycles. The average molecular weight is 341 g/mol. The summed E-state index contributed by atoms with van der Waals surface area (Å²) in [5.41, 5.74) is 0.559. The molecule has 2 atom stereocenters. The molecule has 0 bridgehead atoms. The van der Waals surface area contributed by atoms with Crippen molar-refractivity contribution in [1.29, 1.82) is 0 Å². The minimum atomic E-state index is -0.491. The van der Waals surface area contributed by atoms with E-state index in [0.717, 1.165) is 17.0 Å². The second kappa shape index (κ2) is 9.14. The molecule has 23 heavy (non-hydrogen) atoms. The van der Waals surface area contributed by atoms with Crippen molar-refractivity contribution in [3.8, 4) is 0 Å². The molecule has 5 heteroatoms. The molecular formula is C18H29ClN2O2. The molecule has 0 heterocycles. The molecule has 0 radical (unpaired) electrons. The van der Waals surface area contributed by atoms with Crippen LogP contribution < -0.4 is 10.6 Å². The molecule has 1 rings (SSSR count). The molecule has 2 N–H and O–H groups in total. The molecule has 0 spiro atoms. The topological polar surface area (TPSA) is 50.4 Å². The van der Waals surface area contributed by atoms with Crippen LogP contribution in [-0.4, -0.2) is 24.3 Å². The van der Waals surface area contributed by atoms with Gasteiger partial charge >= 0.3 is 6.09 Å². The summed E-state index contributed by atoms with van der Waals surface area (Å²) in [4.78, 5) is 12.0. The van der Waals surface area contributed by atoms with E-state index < -0.39 is 5.60 Å². The second-order valence-electron chi connectivity index (χ2n) is 6.86. The predicted octanol–water partition coefficient (Wildman–Crippen LogP) is 4.37. The third-order valence-electron chi connectivity index (χ3n) is 3.67. The molecule has 0 saturated heterocycles. The van der Waals surface area contributed by atoms with Gasteiger partial charge in [-0.1, -0.05) is 50.1 Å². The zero-order chi connectivity index (χ0) is 17.5. The predicted molar refractivity (Wildman–Crippen MR) is 95.8 cm³/mol. The van der Waals surface area contributed by atoms with Crippen LogP contribution in [0.2, 0.25) is 5.02 Å². The lowest BCUT2D eigenvalue weighted by molar-refractivity contribution is 0.0487. The largest absolute Gasteiger partial charge is 0.444 e. The normalized spacial score (nSPS) is 14.2. The minimum absolute atomic E-state index is 0.0114. The Bertz CT molecular complexity index is 500. The quantitative estimate of drug-likeness (QED) is 0.775. The molecule has 0 fully saturated rings. The van der Waals surface area contributed by atoms with Crippen molar-refractivity contribution in [2.75, 3.05) is 6.54 Å². The van der Waals surface area contributed by atoms with Gasteiger partial charge in [0.2, 0.25) is 0 Å². The molecule has 0 aromatic heterocycles. The molecule has 130 valence electrons. The lowest BCUT2D eigenvalue weighted by atomic mass is 9.99. The fourth-order valence-electron chi connectivity index (χ4n) is 2.14. The molecule has 0 aliphatic rings. The lowest BCUT2D eigenvalue weighted by Crippen LogP contribution is -2.47. The maximum absolute atomic E-state index is 12.0. The van der Waals surface area contributed by atoms with E-state index in [4.69, 9.17) is 16.3 Å². The zero-order valence-corrected chi connectivity index (χ0v) is 15.5. The smallest absolute Gasteiger partial charge is 0.407 e. The number of benzene rings is 1. The Labute approximate surface area is 144 Å². The van der Waals surface area contributed by atoms with Gasteiger partial charge < -0.3 is 15.4 Å². The van der Waals surface area contributed by atoms with Gasteiger partial charge in [-0.3, -0.25) is 0 Å². The number of carbonyl (C=O) groups is 1. The average Bonchev–Trinajstić information content (AvgIpc) is 2.45. The highest BCUT2D eigenvalue weighted by Crippen LogP contribution is 2.15. The van der Waals surface area contributed by atoms with E-state index in [0.29, 0.717) is 19.0 Å². The monoisotopic (exact) mass is 340 g/mol. The van der Waals surface area contributed by atoms with Crippen molar-refractivity contribution in [3.63, 3.8) is 0 Å². The van der Waals surface area contributed by atoms with Crippen LogP contribution in [0, 0.1) is 5.92 Å². The lowest BCUT2D eigenvalue weighted by Gasteiger charge is -2.27. The van der Waals surface area contributed by atoms with E-state index >= 15 is 0 Å². The molecule has 1 aromatic carbocycles. The Kier molecular flexibility index (Phi) is 7.86. The minimum Gasteiger partial charge on any atom is -0.444 e. The number of alkyl carbamates (subject to hydrolysis) is 1. The third kappa shape index (κ3) is 7.71. The highest BCUT2D eigenvalue weighted by molar-refractivity contribution is 6.31. The summed E-state index contributed by atoms with van der Waals surface area (Å²) in [5.74, 6) is 0.348. The van der Waals surface area contributed by atoms with Crippen molar-refractivity contribution in [2.45, 2.75) is 59.2 Å². The molecule has 1 aromatic rings. The Morgan fingerprint density at radius 2 is 1.96 bits per heavy atom. The summed E-state index contributed by atoms with van der Waals surface area (Å²) in [6.07, 6.45) is 0.608. The van der Waals surface area contributed by atoms with Gasteiger partial charge in [-0.05, 0) is 38.3 Å². The molecule has 0 aliphatic heterocycles. The Hall–Kier alpha value is -1.26. The first-order valence-electron chi connectivity index (χ1n) is 8.16. The van der Waals surface area contributed by atoms with Crippen LogP contribution in [0.5, 0.6) is 0 Å². The zero-order valence-electron chi connectivity index (χ0n) is 14.8. The molecular weight excluding hydrogens is 312 g/mol. The number of ether oxygens (including phenoxy) is 1. The Morgan fingerprint density at radius 1 is 1.30 bits per heavy atom. The van der Waals surface area contributed by atoms with Gasteiger partial charge in [0.1, 0.15) is 5.60 Å². The summed E-state index contributed by atoms with van der Waals surface area (Å²) < 4.78 is 5.35. The van der Waals surface area contributed by atoms with Crippen LogP contribution in [0.1, 0.15) is 46.6 Å². The Morgan fingerprint density at radius 3 is 2.52 bits per heavy atom. The van der Waals surface area contributed by atoms with Crippen molar-refractivity contribution < 1.29 is 9.53 Å². The summed E-state index contributed by atoms with van der Waals surface area (Å²) in [6, 6.07) is 7.77. The summed E-state index contributed by atoms with van der Waals surface area (Å²) in [5, 5.41) is 7.09. The van der Waals surface area contributed by atoms with Crippen LogP contribution in [0.4, 0.5) is 4.79 Å². The van der Waals surface area contributed by atoms with Gasteiger partial charge in [0.25, 0.3) is 0 Å². The van der Waals surface area contributed by atoms with E-state index in [2.05, 4.69) is 24.5 Å². The maximum atomic E-state index is 12.0. The van der Waals surface area contributed by atoms with Gasteiger partial charge in [-0.2, -0.15) is 0 Å². The molecule has 0 unspecified atom stereocenters. The van der Waals surface area contributed by atoms with Crippen molar-refractivity contribution in [2.24, 2.45) is 5.92 Å². The van der Waals surface area contributed by atoms with Crippen molar-refractivity contribution >= 4 is 17.7 Å². The summed E-state index contributed by atoms with van der Waals surface area (Å²) in [7, 11) is 0. The SMILES string of the molecule is CC[C@H](C)[C@@H](CNCc1ccccc1Cl)NC(=O)OC(C)(C)C. The number of amides is 1. The highest BCUT2D eigenvalue weighted by atomic mass is 35.5. The van der Waals surface area contributed by atoms with Crippen LogP contribution in [0.15, 0.2) is 24.3 Å². The number of carbonyl (C=O) groups excluding carboxylic acids is 1. The van der Waals surface area contributed by atoms with Gasteiger partial charge in [0, 0.05) is 24.2 Å². The van der Waals surface area contributed by atoms with E-state index in [1.807, 2.05) is 45.0 Å². The fraction of sp³-hybridized carbons (Fsp3) is 0.611. The first-order valence-corrected chi connectivity index (χ1v) is 8.54. The van der Waals surface area contributed by atoms with E-state index in [1.54, 1.807) is 0 Å². The van der Waals surface area contributed by atoms with Gasteiger partial charge in [-0.25, -0.2) is 4.79 Å². The van der Waals surface area contributed by atoms with E-state index in [-0.39, 0.29) is 12.1 Å². The van der Waals surface area contributed by atoms with Crippen molar-refractivity contribution in [3.05, 3.63) is 34.9 Å².